The van der Waals surface area contributed by atoms with Crippen molar-refractivity contribution < 1.29 is 9.53 Å². The van der Waals surface area contributed by atoms with Crippen LogP contribution in [0, 0.1) is 20.8 Å². The van der Waals surface area contributed by atoms with Crippen molar-refractivity contribution in [2.75, 3.05) is 17.3 Å². The zero-order chi connectivity index (χ0) is 18.8. The van der Waals surface area contributed by atoms with Gasteiger partial charge in [-0.2, -0.15) is 0 Å². The van der Waals surface area contributed by atoms with Crippen molar-refractivity contribution in [2.24, 2.45) is 5.84 Å². The number of halogens is 1. The molecule has 0 spiro atoms. The zero-order valence-corrected chi connectivity index (χ0v) is 16.2. The highest BCUT2D eigenvalue weighted by molar-refractivity contribution is 7.22. The van der Waals surface area contributed by atoms with E-state index in [2.05, 4.69) is 15.7 Å². The van der Waals surface area contributed by atoms with Crippen LogP contribution in [0.2, 0.25) is 5.02 Å². The van der Waals surface area contributed by atoms with Crippen molar-refractivity contribution in [1.29, 1.82) is 0 Å². The van der Waals surface area contributed by atoms with Gasteiger partial charge in [-0.3, -0.25) is 10.2 Å². The van der Waals surface area contributed by atoms with Gasteiger partial charge in [-0.25, -0.2) is 10.8 Å². The summed E-state index contributed by atoms with van der Waals surface area (Å²) in [6.45, 7) is 5.66. The van der Waals surface area contributed by atoms with Crippen LogP contribution in [0.4, 0.5) is 10.8 Å². The molecular formula is C18H19ClN4O2S. The van der Waals surface area contributed by atoms with Crippen molar-refractivity contribution >= 4 is 49.9 Å². The number of nitrogens with zero attached hydrogens (tertiary/aromatic N) is 1. The molecule has 0 unspecified atom stereocenters. The zero-order valence-electron chi connectivity index (χ0n) is 14.6. The second-order valence-corrected chi connectivity index (χ2v) is 7.47. The van der Waals surface area contributed by atoms with E-state index >= 15 is 0 Å². The Morgan fingerprint density at radius 2 is 2.00 bits per heavy atom. The predicted octanol–water partition coefficient (Wildman–Crippen LogP) is 4.18. The summed E-state index contributed by atoms with van der Waals surface area (Å²) in [6.07, 6.45) is 0. The van der Waals surface area contributed by atoms with Crippen LogP contribution in [-0.2, 0) is 4.79 Å². The molecule has 0 bridgehead atoms. The predicted molar refractivity (Wildman–Crippen MR) is 107 cm³/mol. The Balaban J connectivity index is 1.71. The van der Waals surface area contributed by atoms with Crippen molar-refractivity contribution in [2.45, 2.75) is 20.8 Å². The van der Waals surface area contributed by atoms with Crippen LogP contribution in [0.25, 0.3) is 10.2 Å². The minimum absolute atomic E-state index is 0.126. The topological polar surface area (TPSA) is 89.3 Å². The Kier molecular flexibility index (Phi) is 5.31. The number of amides is 1. The van der Waals surface area contributed by atoms with Crippen LogP contribution in [0.3, 0.4) is 0 Å². The lowest BCUT2D eigenvalue weighted by molar-refractivity contribution is -0.118. The summed E-state index contributed by atoms with van der Waals surface area (Å²) in [6, 6.07) is 7.50. The molecule has 1 amide bonds. The maximum atomic E-state index is 12.3. The maximum absolute atomic E-state index is 12.3. The number of ether oxygens (including phenoxy) is 1. The molecule has 0 fully saturated rings. The van der Waals surface area contributed by atoms with E-state index in [9.17, 15) is 4.79 Å². The molecule has 0 radical (unpaired) electrons. The highest BCUT2D eigenvalue weighted by atomic mass is 35.5. The molecule has 0 saturated heterocycles. The molecule has 6 nitrogen and oxygen atoms in total. The monoisotopic (exact) mass is 390 g/mol. The summed E-state index contributed by atoms with van der Waals surface area (Å²) in [4.78, 5) is 16.6. The first kappa shape index (κ1) is 18.4. The van der Waals surface area contributed by atoms with Crippen molar-refractivity contribution in [1.82, 2.24) is 4.98 Å². The highest BCUT2D eigenvalue weighted by Gasteiger charge is 2.12. The van der Waals surface area contributed by atoms with Crippen LogP contribution >= 0.6 is 22.9 Å². The lowest BCUT2D eigenvalue weighted by Gasteiger charge is -2.12. The van der Waals surface area contributed by atoms with Gasteiger partial charge in [0.2, 0.25) is 0 Å². The molecule has 4 N–H and O–H groups in total. The summed E-state index contributed by atoms with van der Waals surface area (Å²) in [5.41, 5.74) is 6.98. The first-order chi connectivity index (χ1) is 12.4. The molecule has 0 atom stereocenters. The Hall–Kier alpha value is -2.35. The van der Waals surface area contributed by atoms with Crippen LogP contribution in [0.5, 0.6) is 5.75 Å². The molecule has 2 aromatic carbocycles. The minimum atomic E-state index is -0.263. The van der Waals surface area contributed by atoms with Gasteiger partial charge in [-0.05, 0) is 55.7 Å². The number of carbonyl (C=O) groups is 1. The number of nitrogen functional groups attached to an aromatic ring is 1. The number of rotatable bonds is 5. The number of nitrogens with two attached hydrogens (primary N) is 1. The van der Waals surface area contributed by atoms with Crippen LogP contribution in [0.1, 0.15) is 16.7 Å². The van der Waals surface area contributed by atoms with Crippen molar-refractivity contribution in [3.63, 3.8) is 0 Å². The molecule has 136 valence electrons. The average molecular weight is 391 g/mol. The number of thiazole rings is 1. The van der Waals surface area contributed by atoms with Gasteiger partial charge in [0, 0.05) is 5.69 Å². The van der Waals surface area contributed by atoms with Crippen LogP contribution < -0.4 is 21.3 Å². The standard InChI is InChI=1S/C18H19ClN4O2S/c1-9-4-11(3)17(13(19)5-9)25-8-15(24)21-12-6-10(2)16-14(7-12)26-18(22-16)23-20/h4-7H,8,20H2,1-3H3,(H,21,24)(H,22,23). The molecule has 1 heterocycles. The van der Waals surface area contributed by atoms with E-state index < -0.39 is 0 Å². The normalized spacial score (nSPS) is 10.8. The van der Waals surface area contributed by atoms with E-state index in [-0.39, 0.29) is 12.5 Å². The largest absolute Gasteiger partial charge is 0.482 e. The fourth-order valence-electron chi connectivity index (χ4n) is 2.75. The minimum Gasteiger partial charge on any atom is -0.482 e. The molecule has 8 heteroatoms. The van der Waals surface area contributed by atoms with Crippen molar-refractivity contribution in [3.05, 3.63) is 46.0 Å². The van der Waals surface area contributed by atoms with Gasteiger partial charge in [0.25, 0.3) is 5.91 Å². The first-order valence-corrected chi connectivity index (χ1v) is 9.14. The highest BCUT2D eigenvalue weighted by Crippen LogP contribution is 2.31. The fourth-order valence-corrected chi connectivity index (χ4v) is 4.02. The number of hydrazine groups is 1. The van der Waals surface area contributed by atoms with E-state index in [1.807, 2.05) is 45.0 Å². The van der Waals surface area contributed by atoms with E-state index in [1.165, 1.54) is 11.3 Å². The number of aryl methyl sites for hydroxylation is 3. The Morgan fingerprint density at radius 1 is 1.23 bits per heavy atom. The Bertz CT molecular complexity index is 964. The molecule has 0 saturated carbocycles. The molecule has 26 heavy (non-hydrogen) atoms. The number of anilines is 2. The lowest BCUT2D eigenvalue weighted by atomic mass is 10.1. The smallest absolute Gasteiger partial charge is 0.262 e. The summed E-state index contributed by atoms with van der Waals surface area (Å²) < 4.78 is 6.55. The second kappa shape index (κ2) is 7.49. The van der Waals surface area contributed by atoms with Crippen molar-refractivity contribution in [3.8, 4) is 5.75 Å². The number of nitrogens with one attached hydrogen (secondary N) is 2. The second-order valence-electron chi connectivity index (χ2n) is 6.03. The number of hydrogen-bond acceptors (Lipinski definition) is 6. The molecular weight excluding hydrogens is 372 g/mol. The summed E-state index contributed by atoms with van der Waals surface area (Å²) in [5.74, 6) is 5.68. The first-order valence-electron chi connectivity index (χ1n) is 7.94. The quantitative estimate of drug-likeness (QED) is 0.449. The number of fused-ring (bicyclic) bond motifs is 1. The van der Waals surface area contributed by atoms with E-state index in [0.29, 0.717) is 21.6 Å². The number of benzene rings is 2. The van der Waals surface area contributed by atoms with Gasteiger partial charge in [0.15, 0.2) is 11.7 Å². The molecule has 0 aliphatic carbocycles. The molecule has 1 aromatic heterocycles. The Morgan fingerprint density at radius 3 is 2.69 bits per heavy atom. The Labute approximate surface area is 160 Å². The van der Waals surface area contributed by atoms with Crippen LogP contribution in [0.15, 0.2) is 24.3 Å². The summed E-state index contributed by atoms with van der Waals surface area (Å²) in [5, 5.41) is 3.97. The van der Waals surface area contributed by atoms with Gasteiger partial charge < -0.3 is 10.1 Å². The third-order valence-electron chi connectivity index (χ3n) is 3.81. The number of carbonyl (C=O) groups excluding carboxylic acids is 1. The van der Waals surface area contributed by atoms with Gasteiger partial charge >= 0.3 is 0 Å². The van der Waals surface area contributed by atoms with Gasteiger partial charge in [0.05, 0.1) is 15.2 Å². The number of hydrogen-bond donors (Lipinski definition) is 3. The SMILES string of the molecule is Cc1cc(C)c(OCC(=O)Nc2cc(C)c3nc(NN)sc3c2)c(Cl)c1. The third kappa shape index (κ3) is 3.90. The van der Waals surface area contributed by atoms with E-state index in [4.69, 9.17) is 22.2 Å². The molecule has 3 rings (SSSR count). The molecule has 0 aliphatic heterocycles. The van der Waals surface area contributed by atoms with Gasteiger partial charge in [-0.1, -0.05) is 29.0 Å². The molecule has 3 aromatic rings. The van der Waals surface area contributed by atoms with E-state index in [1.54, 1.807) is 0 Å². The summed E-state index contributed by atoms with van der Waals surface area (Å²) >= 11 is 7.62. The van der Waals surface area contributed by atoms with Gasteiger partial charge in [-0.15, -0.1) is 0 Å². The third-order valence-corrected chi connectivity index (χ3v) is 5.03. The van der Waals surface area contributed by atoms with E-state index in [0.717, 1.165) is 26.9 Å². The fraction of sp³-hybridized carbons (Fsp3) is 0.222. The average Bonchev–Trinajstić information content (AvgIpc) is 2.97. The lowest BCUT2D eigenvalue weighted by Crippen LogP contribution is -2.20. The van der Waals surface area contributed by atoms with Gasteiger partial charge in [0.1, 0.15) is 5.75 Å². The molecule has 0 aliphatic rings. The summed E-state index contributed by atoms with van der Waals surface area (Å²) in [7, 11) is 0. The van der Waals surface area contributed by atoms with Crippen LogP contribution in [-0.4, -0.2) is 17.5 Å². The maximum Gasteiger partial charge on any atom is 0.262 e. The number of aromatic nitrogens is 1.